The van der Waals surface area contributed by atoms with Crippen molar-refractivity contribution in [2.75, 3.05) is 57.8 Å². The molecule has 2 aromatic heterocycles. The van der Waals surface area contributed by atoms with Gasteiger partial charge < -0.3 is 29.2 Å². The molecule has 0 spiro atoms. The Labute approximate surface area is 248 Å². The predicted octanol–water partition coefficient (Wildman–Crippen LogP) is 5.20. The van der Waals surface area contributed by atoms with Gasteiger partial charge in [0.05, 0.1) is 55.3 Å². The van der Waals surface area contributed by atoms with E-state index >= 15 is 0 Å². The molecule has 12 heteroatoms. The number of piperidine rings is 1. The average molecular weight is 603 g/mol. The molecule has 1 N–H and O–H groups in total. The van der Waals surface area contributed by atoms with Gasteiger partial charge in [0.15, 0.2) is 11.6 Å². The maximum atomic E-state index is 12.0. The first-order valence-corrected chi connectivity index (χ1v) is 14.2. The maximum Gasteiger partial charge on any atom is 0.223 e. The van der Waals surface area contributed by atoms with E-state index in [9.17, 15) is 4.79 Å². The molecule has 218 valence electrons. The van der Waals surface area contributed by atoms with Crippen molar-refractivity contribution in [2.45, 2.75) is 31.4 Å². The highest BCUT2D eigenvalue weighted by Crippen LogP contribution is 2.46. The number of aromatic nitrogens is 3. The Morgan fingerprint density at radius 2 is 1.83 bits per heavy atom. The predicted molar refractivity (Wildman–Crippen MR) is 160 cm³/mol. The van der Waals surface area contributed by atoms with Gasteiger partial charge in [-0.05, 0) is 25.0 Å². The zero-order chi connectivity index (χ0) is 29.1. The van der Waals surface area contributed by atoms with Crippen LogP contribution >= 0.6 is 23.2 Å². The minimum atomic E-state index is -0.105. The number of anilines is 2. The van der Waals surface area contributed by atoms with E-state index < -0.39 is 0 Å². The van der Waals surface area contributed by atoms with Gasteiger partial charge in [-0.15, -0.1) is 0 Å². The first kappa shape index (κ1) is 29.3. The number of halogens is 2. The highest BCUT2D eigenvalue weighted by molar-refractivity contribution is 6.41. The molecule has 1 aromatic carbocycles. The van der Waals surface area contributed by atoms with Crippen LogP contribution in [0.5, 0.6) is 11.5 Å². The summed E-state index contributed by atoms with van der Waals surface area (Å²) in [5.41, 5.74) is 1.73. The fourth-order valence-corrected chi connectivity index (χ4v) is 6.02. The van der Waals surface area contributed by atoms with Gasteiger partial charge in [-0.3, -0.25) is 4.79 Å². The van der Waals surface area contributed by atoms with Crippen molar-refractivity contribution in [1.82, 2.24) is 15.0 Å². The SMILES string of the molecule is C=CC(=O)C[C@H]1COC[C@H]1Nc1ncc2cc(-c3c(Cl)c(OC)cc(OC)c3Cl)nc(N3CCC(OC)CC3)c2n1. The van der Waals surface area contributed by atoms with Crippen molar-refractivity contribution in [2.24, 2.45) is 5.92 Å². The number of fused-ring (bicyclic) bond motifs is 1. The molecule has 5 rings (SSSR count). The number of nitrogens with one attached hydrogen (secondary N) is 1. The summed E-state index contributed by atoms with van der Waals surface area (Å²) in [6.07, 6.45) is 5.35. The number of hydrogen-bond donors (Lipinski definition) is 1. The summed E-state index contributed by atoms with van der Waals surface area (Å²) in [4.78, 5) is 28.8. The molecule has 0 bridgehead atoms. The first-order valence-electron chi connectivity index (χ1n) is 13.4. The molecule has 0 amide bonds. The summed E-state index contributed by atoms with van der Waals surface area (Å²) in [7, 11) is 4.81. The van der Waals surface area contributed by atoms with Crippen LogP contribution < -0.4 is 19.7 Å². The number of rotatable bonds is 10. The largest absolute Gasteiger partial charge is 0.495 e. The van der Waals surface area contributed by atoms with Crippen molar-refractivity contribution in [3.8, 4) is 22.8 Å². The molecule has 3 aromatic rings. The summed E-state index contributed by atoms with van der Waals surface area (Å²) in [5.74, 6) is 1.95. The lowest BCUT2D eigenvalue weighted by atomic mass is 9.97. The quantitative estimate of drug-likeness (QED) is 0.311. The highest BCUT2D eigenvalue weighted by Gasteiger charge is 2.31. The maximum absolute atomic E-state index is 12.0. The second-order valence-corrected chi connectivity index (χ2v) is 10.8. The summed E-state index contributed by atoms with van der Waals surface area (Å²) in [5, 5.41) is 4.80. The molecule has 2 aliphatic rings. The van der Waals surface area contributed by atoms with Gasteiger partial charge >= 0.3 is 0 Å². The van der Waals surface area contributed by atoms with Gasteiger partial charge in [-0.25, -0.2) is 15.0 Å². The monoisotopic (exact) mass is 601 g/mol. The topological polar surface area (TPSA) is 108 Å². The summed E-state index contributed by atoms with van der Waals surface area (Å²) < 4.78 is 22.2. The fourth-order valence-electron chi connectivity index (χ4n) is 5.32. The molecule has 0 radical (unpaired) electrons. The van der Waals surface area contributed by atoms with E-state index in [1.54, 1.807) is 19.4 Å². The molecular formula is C29H33Cl2N5O5. The normalized spacial score (nSPS) is 19.4. The van der Waals surface area contributed by atoms with Crippen molar-refractivity contribution in [3.05, 3.63) is 41.0 Å². The number of carbonyl (C=O) groups is 1. The highest BCUT2D eigenvalue weighted by atomic mass is 35.5. The molecule has 2 aliphatic heterocycles. The summed E-state index contributed by atoms with van der Waals surface area (Å²) in [6.45, 7) is 6.00. The zero-order valence-corrected chi connectivity index (χ0v) is 24.8. The molecule has 4 heterocycles. The minimum Gasteiger partial charge on any atom is -0.495 e. The lowest BCUT2D eigenvalue weighted by molar-refractivity contribution is -0.115. The lowest BCUT2D eigenvalue weighted by Crippen LogP contribution is -2.37. The standard InChI is InChI=1S/C29H33Cl2N5O5/c1-5-18(37)10-17-14-41-15-21(17)34-29-32-13-16-11-20(24-25(30)22(39-3)12-23(40-4)26(24)31)33-28(27(16)35-29)36-8-6-19(38-2)7-9-36/h5,11-13,17,19,21H,1,6-10,14-15H2,2-4H3,(H,32,34,35)/t17-,21+/m0/s1. The zero-order valence-electron chi connectivity index (χ0n) is 23.3. The minimum absolute atomic E-state index is 0.000153. The number of allylic oxidation sites excluding steroid dienone is 1. The summed E-state index contributed by atoms with van der Waals surface area (Å²) in [6, 6.07) is 3.40. The molecule has 0 unspecified atom stereocenters. The Kier molecular flexibility index (Phi) is 9.13. The number of pyridine rings is 1. The van der Waals surface area contributed by atoms with E-state index in [-0.39, 0.29) is 23.8 Å². The Morgan fingerprint density at radius 3 is 2.46 bits per heavy atom. The average Bonchev–Trinajstić information content (AvgIpc) is 3.43. The molecule has 0 aliphatic carbocycles. The number of ketones is 1. The van der Waals surface area contributed by atoms with E-state index in [1.165, 1.54) is 20.3 Å². The van der Waals surface area contributed by atoms with Gasteiger partial charge in [0.25, 0.3) is 0 Å². The number of hydrogen-bond acceptors (Lipinski definition) is 10. The van der Waals surface area contributed by atoms with Gasteiger partial charge in [-0.1, -0.05) is 29.8 Å². The Hall–Kier alpha value is -3.18. The number of ether oxygens (including phenoxy) is 4. The van der Waals surface area contributed by atoms with Crippen LogP contribution in [0.15, 0.2) is 31.0 Å². The van der Waals surface area contributed by atoms with Crippen LogP contribution in [0.3, 0.4) is 0 Å². The van der Waals surface area contributed by atoms with Crippen LogP contribution in [0, 0.1) is 5.92 Å². The molecular weight excluding hydrogens is 569 g/mol. The fraction of sp³-hybridized carbons (Fsp3) is 0.448. The third-order valence-electron chi connectivity index (χ3n) is 7.66. The summed E-state index contributed by atoms with van der Waals surface area (Å²) >= 11 is 13.5. The Bertz CT molecular complexity index is 1420. The molecule has 10 nitrogen and oxygen atoms in total. The van der Waals surface area contributed by atoms with Crippen molar-refractivity contribution < 1.29 is 23.7 Å². The second kappa shape index (κ2) is 12.8. The first-order chi connectivity index (χ1) is 19.9. The van der Waals surface area contributed by atoms with Crippen LogP contribution in [0.4, 0.5) is 11.8 Å². The number of carbonyl (C=O) groups excluding carboxylic acids is 1. The third kappa shape index (κ3) is 6.06. The smallest absolute Gasteiger partial charge is 0.223 e. The third-order valence-corrected chi connectivity index (χ3v) is 8.41. The number of nitrogens with zero attached hydrogens (tertiary/aromatic N) is 4. The molecule has 2 atom stereocenters. The Morgan fingerprint density at radius 1 is 1.12 bits per heavy atom. The molecule has 2 saturated heterocycles. The van der Waals surface area contributed by atoms with E-state index in [2.05, 4.69) is 21.8 Å². The van der Waals surface area contributed by atoms with Crippen molar-refractivity contribution in [3.63, 3.8) is 0 Å². The van der Waals surface area contributed by atoms with Crippen molar-refractivity contribution >= 4 is 51.7 Å². The van der Waals surface area contributed by atoms with E-state index in [4.69, 9.17) is 52.1 Å². The molecule has 0 saturated carbocycles. The van der Waals surface area contributed by atoms with Crippen LogP contribution in [-0.2, 0) is 14.3 Å². The van der Waals surface area contributed by atoms with E-state index in [1.807, 2.05) is 6.07 Å². The van der Waals surface area contributed by atoms with Gasteiger partial charge in [0.2, 0.25) is 5.95 Å². The second-order valence-electron chi connectivity index (χ2n) is 10.1. The molecule has 41 heavy (non-hydrogen) atoms. The van der Waals surface area contributed by atoms with Crippen LogP contribution in [-0.4, -0.2) is 80.5 Å². The van der Waals surface area contributed by atoms with E-state index in [0.717, 1.165) is 31.3 Å². The van der Waals surface area contributed by atoms with Crippen molar-refractivity contribution in [1.29, 1.82) is 0 Å². The van der Waals surface area contributed by atoms with Crippen LogP contribution in [0.1, 0.15) is 19.3 Å². The van der Waals surface area contributed by atoms with Gasteiger partial charge in [-0.2, -0.15) is 0 Å². The van der Waals surface area contributed by atoms with E-state index in [0.29, 0.717) is 69.7 Å². The van der Waals surface area contributed by atoms with Crippen LogP contribution in [0.2, 0.25) is 10.0 Å². The number of benzene rings is 1. The molecule has 2 fully saturated rings. The van der Waals surface area contributed by atoms with Gasteiger partial charge in [0, 0.05) is 55.8 Å². The van der Waals surface area contributed by atoms with Gasteiger partial charge in [0.1, 0.15) is 17.0 Å². The Balaban J connectivity index is 1.58. The lowest BCUT2D eigenvalue weighted by Gasteiger charge is -2.32. The van der Waals surface area contributed by atoms with Crippen LogP contribution in [0.25, 0.3) is 22.2 Å². The number of methoxy groups -OCH3 is 3.